The number of hydrogen-bond donors (Lipinski definition) is 2. The third kappa shape index (κ3) is 3.66. The second-order valence-corrected chi connectivity index (χ2v) is 4.83. The Hall–Kier alpha value is -0.260. The molecule has 1 amide bonds. The molecule has 1 fully saturated rings. The van der Waals surface area contributed by atoms with Crippen molar-refractivity contribution in [2.45, 2.75) is 37.2 Å². The summed E-state index contributed by atoms with van der Waals surface area (Å²) in [6.45, 7) is 2.66. The third-order valence-corrected chi connectivity index (χ3v) is 3.80. The summed E-state index contributed by atoms with van der Waals surface area (Å²) in [4.78, 5) is 11.7. The molecule has 4 nitrogen and oxygen atoms in total. The predicted octanol–water partition coefficient (Wildman–Crippen LogP) is 0.394. The van der Waals surface area contributed by atoms with Crippen LogP contribution in [0, 0.1) is 0 Å². The van der Waals surface area contributed by atoms with E-state index in [9.17, 15) is 4.79 Å². The molecular formula is C10H19NO3S. The second kappa shape index (κ2) is 6.35. The molecule has 0 saturated carbocycles. The average molecular weight is 233 g/mol. The van der Waals surface area contributed by atoms with Crippen LogP contribution >= 0.6 is 11.8 Å². The molecule has 1 rings (SSSR count). The molecule has 15 heavy (non-hydrogen) atoms. The molecule has 0 radical (unpaired) electrons. The lowest BCUT2D eigenvalue weighted by atomic mass is 10.2. The fourth-order valence-corrected chi connectivity index (χ4v) is 2.26. The Balaban J connectivity index is 2.35. The molecule has 0 aliphatic carbocycles. The minimum absolute atomic E-state index is 0.0262. The topological polar surface area (TPSA) is 58.6 Å². The van der Waals surface area contributed by atoms with Gasteiger partial charge >= 0.3 is 0 Å². The van der Waals surface area contributed by atoms with E-state index in [4.69, 9.17) is 9.84 Å². The molecule has 5 heteroatoms. The van der Waals surface area contributed by atoms with E-state index in [0.717, 1.165) is 12.8 Å². The van der Waals surface area contributed by atoms with E-state index in [1.165, 1.54) is 0 Å². The summed E-state index contributed by atoms with van der Waals surface area (Å²) >= 11 is 1.56. The maximum atomic E-state index is 11.7. The van der Waals surface area contributed by atoms with Gasteiger partial charge in [-0.15, -0.1) is 0 Å². The lowest BCUT2D eigenvalue weighted by Crippen LogP contribution is -2.45. The van der Waals surface area contributed by atoms with Crippen molar-refractivity contribution in [3.05, 3.63) is 0 Å². The molecule has 0 spiro atoms. The van der Waals surface area contributed by atoms with E-state index in [2.05, 4.69) is 5.32 Å². The first-order chi connectivity index (χ1) is 7.19. The van der Waals surface area contributed by atoms with Crippen LogP contribution in [0.1, 0.15) is 19.8 Å². The molecule has 3 atom stereocenters. The Morgan fingerprint density at radius 3 is 2.93 bits per heavy atom. The zero-order valence-electron chi connectivity index (χ0n) is 9.23. The van der Waals surface area contributed by atoms with E-state index in [-0.39, 0.29) is 29.9 Å². The van der Waals surface area contributed by atoms with Gasteiger partial charge in [0.05, 0.1) is 6.61 Å². The number of aliphatic hydroxyl groups is 1. The van der Waals surface area contributed by atoms with Crippen LogP contribution in [0.15, 0.2) is 0 Å². The summed E-state index contributed by atoms with van der Waals surface area (Å²) < 4.78 is 5.28. The van der Waals surface area contributed by atoms with Gasteiger partial charge in [-0.25, -0.2) is 0 Å². The van der Waals surface area contributed by atoms with Crippen molar-refractivity contribution in [3.63, 3.8) is 0 Å². The summed E-state index contributed by atoms with van der Waals surface area (Å²) in [5.74, 6) is -0.0486. The minimum atomic E-state index is -0.284. The molecule has 1 aliphatic rings. The largest absolute Gasteiger partial charge is 0.395 e. The Morgan fingerprint density at radius 2 is 2.47 bits per heavy atom. The minimum Gasteiger partial charge on any atom is -0.395 e. The van der Waals surface area contributed by atoms with Gasteiger partial charge in [-0.3, -0.25) is 4.79 Å². The van der Waals surface area contributed by atoms with Crippen molar-refractivity contribution in [1.82, 2.24) is 5.32 Å². The van der Waals surface area contributed by atoms with Gasteiger partial charge in [0.15, 0.2) is 0 Å². The average Bonchev–Trinajstić information content (AvgIpc) is 2.72. The number of carbonyl (C=O) groups excluding carboxylic acids is 1. The molecule has 2 N–H and O–H groups in total. The molecule has 0 bridgehead atoms. The first-order valence-corrected chi connectivity index (χ1v) is 6.53. The van der Waals surface area contributed by atoms with Crippen molar-refractivity contribution >= 4 is 17.7 Å². The van der Waals surface area contributed by atoms with Gasteiger partial charge in [-0.1, -0.05) is 0 Å². The van der Waals surface area contributed by atoms with Crippen LogP contribution in [0.3, 0.4) is 0 Å². The number of carbonyl (C=O) groups is 1. The zero-order valence-corrected chi connectivity index (χ0v) is 10.0. The maximum Gasteiger partial charge on any atom is 0.249 e. The molecule has 88 valence electrons. The lowest BCUT2D eigenvalue weighted by Gasteiger charge is -2.22. The fourth-order valence-electron chi connectivity index (χ4n) is 1.63. The quantitative estimate of drug-likeness (QED) is 0.721. The Morgan fingerprint density at radius 1 is 1.73 bits per heavy atom. The molecule has 0 aromatic rings. The van der Waals surface area contributed by atoms with Gasteiger partial charge < -0.3 is 15.2 Å². The van der Waals surface area contributed by atoms with Crippen molar-refractivity contribution in [2.75, 3.05) is 19.5 Å². The molecule has 1 saturated heterocycles. The van der Waals surface area contributed by atoms with Crippen LogP contribution in [0.4, 0.5) is 0 Å². The second-order valence-electron chi connectivity index (χ2n) is 3.76. The van der Waals surface area contributed by atoms with Crippen LogP contribution in [0.2, 0.25) is 0 Å². The monoisotopic (exact) mass is 233 g/mol. The van der Waals surface area contributed by atoms with Gasteiger partial charge in [-0.05, 0) is 26.0 Å². The van der Waals surface area contributed by atoms with Crippen LogP contribution < -0.4 is 5.32 Å². The highest BCUT2D eigenvalue weighted by molar-refractivity contribution is 7.99. The molecule has 0 aromatic heterocycles. The number of thioether (sulfide) groups is 1. The van der Waals surface area contributed by atoms with E-state index in [0.29, 0.717) is 6.61 Å². The number of rotatable bonds is 5. The summed E-state index contributed by atoms with van der Waals surface area (Å²) in [7, 11) is 0. The molecule has 1 heterocycles. The molecule has 1 aliphatic heterocycles. The maximum absolute atomic E-state index is 11.7. The summed E-state index contributed by atoms with van der Waals surface area (Å²) in [6, 6.07) is -0.0262. The van der Waals surface area contributed by atoms with E-state index < -0.39 is 0 Å². The van der Waals surface area contributed by atoms with E-state index in [1.807, 2.05) is 13.2 Å². The summed E-state index contributed by atoms with van der Waals surface area (Å²) in [6.07, 6.45) is 3.41. The highest BCUT2D eigenvalue weighted by Gasteiger charge is 2.26. The van der Waals surface area contributed by atoms with Gasteiger partial charge in [0.1, 0.15) is 6.10 Å². The first-order valence-electron chi connectivity index (χ1n) is 5.24. The van der Waals surface area contributed by atoms with Crippen LogP contribution in [0.5, 0.6) is 0 Å². The van der Waals surface area contributed by atoms with Gasteiger partial charge in [-0.2, -0.15) is 11.8 Å². The van der Waals surface area contributed by atoms with Crippen LogP contribution in [-0.2, 0) is 9.53 Å². The Bertz CT molecular complexity index is 203. The van der Waals surface area contributed by atoms with Crippen LogP contribution in [0.25, 0.3) is 0 Å². The molecule has 2 unspecified atom stereocenters. The first kappa shape index (κ1) is 12.8. The molecular weight excluding hydrogens is 214 g/mol. The molecule has 0 aromatic carbocycles. The van der Waals surface area contributed by atoms with Crippen molar-refractivity contribution in [1.29, 1.82) is 0 Å². The number of hydrogen-bond acceptors (Lipinski definition) is 4. The number of amides is 1. The van der Waals surface area contributed by atoms with E-state index in [1.54, 1.807) is 11.8 Å². The normalized spacial score (nSPS) is 24.9. The van der Waals surface area contributed by atoms with E-state index >= 15 is 0 Å². The fraction of sp³-hybridized carbons (Fsp3) is 0.900. The Labute approximate surface area is 94.8 Å². The highest BCUT2D eigenvalue weighted by atomic mass is 32.2. The van der Waals surface area contributed by atoms with Gasteiger partial charge in [0, 0.05) is 17.9 Å². The standard InChI is InChI=1S/C10H19NO3S/c1-7(9(6-12)15-2)11-10(13)8-4-3-5-14-8/h7-9,12H,3-6H2,1-2H3,(H,11,13)/t7?,8-,9?/m0/s1. The van der Waals surface area contributed by atoms with Gasteiger partial charge in [0.2, 0.25) is 5.91 Å². The lowest BCUT2D eigenvalue weighted by molar-refractivity contribution is -0.130. The number of nitrogens with one attached hydrogen (secondary N) is 1. The van der Waals surface area contributed by atoms with Crippen molar-refractivity contribution < 1.29 is 14.6 Å². The number of aliphatic hydroxyl groups excluding tert-OH is 1. The Kier molecular flexibility index (Phi) is 5.42. The van der Waals surface area contributed by atoms with Crippen molar-refractivity contribution in [3.8, 4) is 0 Å². The van der Waals surface area contributed by atoms with Crippen LogP contribution in [-0.4, -0.2) is 47.9 Å². The van der Waals surface area contributed by atoms with Gasteiger partial charge in [0.25, 0.3) is 0 Å². The number of ether oxygens (including phenoxy) is 1. The smallest absolute Gasteiger partial charge is 0.249 e. The van der Waals surface area contributed by atoms with Crippen molar-refractivity contribution in [2.24, 2.45) is 0 Å². The zero-order chi connectivity index (χ0) is 11.3. The summed E-state index contributed by atoms with van der Waals surface area (Å²) in [5.41, 5.74) is 0. The predicted molar refractivity (Wildman–Crippen MR) is 61.0 cm³/mol. The SMILES string of the molecule is CSC(CO)C(C)NC(=O)[C@@H]1CCCO1. The third-order valence-electron chi connectivity index (χ3n) is 2.63. The highest BCUT2D eigenvalue weighted by Crippen LogP contribution is 2.14. The summed E-state index contributed by atoms with van der Waals surface area (Å²) in [5, 5.41) is 12.0.